The molecule has 3 heteroatoms. The topological polar surface area (TPSA) is 12.9 Å². The molecule has 0 bridgehead atoms. The number of fused-ring (bicyclic) bond motifs is 1. The van der Waals surface area contributed by atoms with Crippen LogP contribution in [0.5, 0.6) is 0 Å². The summed E-state index contributed by atoms with van der Waals surface area (Å²) in [6.07, 6.45) is 0. The molecule has 0 saturated carbocycles. The molecule has 0 saturated heterocycles. The van der Waals surface area contributed by atoms with Gasteiger partial charge in [0.25, 0.3) is 0 Å². The number of halogens is 2. The fraction of sp³-hybridized carbons (Fsp3) is 0.250. The van der Waals surface area contributed by atoms with Crippen molar-refractivity contribution in [3.05, 3.63) is 39.3 Å². The van der Waals surface area contributed by atoms with E-state index < -0.39 is 5.95 Å². The summed E-state index contributed by atoms with van der Waals surface area (Å²) in [7, 11) is 0. The third-order valence-electron chi connectivity index (χ3n) is 2.39. The van der Waals surface area contributed by atoms with Gasteiger partial charge in [-0.2, -0.15) is 4.39 Å². The van der Waals surface area contributed by atoms with Crippen LogP contribution in [0.4, 0.5) is 4.39 Å². The molecule has 0 fully saturated rings. The highest BCUT2D eigenvalue weighted by Gasteiger charge is 2.09. The molecular weight excluding hydrogens is 304 g/mol. The molecule has 0 atom stereocenters. The van der Waals surface area contributed by atoms with Crippen molar-refractivity contribution >= 4 is 33.5 Å². The van der Waals surface area contributed by atoms with Crippen LogP contribution in [0.25, 0.3) is 10.9 Å². The van der Waals surface area contributed by atoms with Crippen molar-refractivity contribution in [3.8, 4) is 0 Å². The molecule has 0 radical (unpaired) electrons. The van der Waals surface area contributed by atoms with E-state index in [1.165, 1.54) is 6.07 Å². The first-order valence-electron chi connectivity index (χ1n) is 4.83. The summed E-state index contributed by atoms with van der Waals surface area (Å²) >= 11 is 2.26. The Morgan fingerprint density at radius 1 is 1.27 bits per heavy atom. The lowest BCUT2D eigenvalue weighted by Crippen LogP contribution is -1.95. The maximum atomic E-state index is 13.2. The van der Waals surface area contributed by atoms with Crippen LogP contribution in [-0.4, -0.2) is 4.98 Å². The van der Waals surface area contributed by atoms with Gasteiger partial charge in [-0.05, 0) is 58.3 Å². The SMILES string of the molecule is CC(C)c1cc(F)nc2ccc(I)cc12. The Kier molecular flexibility index (Phi) is 2.91. The highest BCUT2D eigenvalue weighted by molar-refractivity contribution is 14.1. The zero-order valence-corrected chi connectivity index (χ0v) is 10.7. The van der Waals surface area contributed by atoms with Crippen molar-refractivity contribution in [2.75, 3.05) is 0 Å². The molecule has 2 rings (SSSR count). The van der Waals surface area contributed by atoms with Crippen LogP contribution in [0, 0.1) is 9.52 Å². The van der Waals surface area contributed by atoms with E-state index in [0.29, 0.717) is 5.92 Å². The highest BCUT2D eigenvalue weighted by atomic mass is 127. The smallest absolute Gasteiger partial charge is 0.213 e. The maximum Gasteiger partial charge on any atom is 0.213 e. The average molecular weight is 315 g/mol. The summed E-state index contributed by atoms with van der Waals surface area (Å²) in [5.41, 5.74) is 1.76. The van der Waals surface area contributed by atoms with Crippen LogP contribution in [0.15, 0.2) is 24.3 Å². The molecular formula is C12H11FIN. The first-order valence-corrected chi connectivity index (χ1v) is 5.91. The molecule has 15 heavy (non-hydrogen) atoms. The third-order valence-corrected chi connectivity index (χ3v) is 3.06. The minimum Gasteiger partial charge on any atom is -0.220 e. The Labute approximate surface area is 102 Å². The molecule has 1 heterocycles. The third kappa shape index (κ3) is 2.12. The standard InChI is InChI=1S/C12H11FIN/c1-7(2)9-6-12(13)15-11-4-3-8(14)5-10(9)11/h3-7H,1-2H3. The number of nitrogens with zero attached hydrogens (tertiary/aromatic N) is 1. The Bertz CT molecular complexity index is 508. The van der Waals surface area contributed by atoms with E-state index in [9.17, 15) is 4.39 Å². The molecule has 0 aliphatic rings. The first kappa shape index (κ1) is 10.8. The van der Waals surface area contributed by atoms with E-state index in [4.69, 9.17) is 0 Å². The predicted octanol–water partition coefficient (Wildman–Crippen LogP) is 4.10. The van der Waals surface area contributed by atoms with Gasteiger partial charge in [0.15, 0.2) is 0 Å². The van der Waals surface area contributed by atoms with Crippen molar-refractivity contribution in [2.24, 2.45) is 0 Å². The van der Waals surface area contributed by atoms with Gasteiger partial charge in [0.05, 0.1) is 5.52 Å². The van der Waals surface area contributed by atoms with Crippen molar-refractivity contribution in [1.82, 2.24) is 4.98 Å². The molecule has 0 aliphatic carbocycles. The van der Waals surface area contributed by atoms with Gasteiger partial charge >= 0.3 is 0 Å². The molecule has 0 aliphatic heterocycles. The van der Waals surface area contributed by atoms with Gasteiger partial charge in [-0.1, -0.05) is 13.8 Å². The number of rotatable bonds is 1. The maximum absolute atomic E-state index is 13.2. The van der Waals surface area contributed by atoms with Gasteiger partial charge in [-0.25, -0.2) is 4.98 Å². The van der Waals surface area contributed by atoms with E-state index in [-0.39, 0.29) is 0 Å². The van der Waals surface area contributed by atoms with Gasteiger partial charge in [0, 0.05) is 8.96 Å². The normalized spacial score (nSPS) is 11.3. The summed E-state index contributed by atoms with van der Waals surface area (Å²) in [4.78, 5) is 3.89. The average Bonchev–Trinajstić information content (AvgIpc) is 2.17. The van der Waals surface area contributed by atoms with Crippen molar-refractivity contribution in [2.45, 2.75) is 19.8 Å². The second kappa shape index (κ2) is 4.04. The van der Waals surface area contributed by atoms with Gasteiger partial charge in [-0.15, -0.1) is 0 Å². The monoisotopic (exact) mass is 315 g/mol. The van der Waals surface area contributed by atoms with Crippen LogP contribution in [-0.2, 0) is 0 Å². The summed E-state index contributed by atoms with van der Waals surface area (Å²) in [6.45, 7) is 4.13. The van der Waals surface area contributed by atoms with E-state index >= 15 is 0 Å². The first-order chi connectivity index (χ1) is 7.08. The van der Waals surface area contributed by atoms with Crippen molar-refractivity contribution in [1.29, 1.82) is 0 Å². The second-order valence-corrected chi connectivity index (χ2v) is 5.10. The van der Waals surface area contributed by atoms with E-state index in [1.807, 2.05) is 12.1 Å². The largest absolute Gasteiger partial charge is 0.220 e. The zero-order valence-electron chi connectivity index (χ0n) is 8.59. The molecule has 1 aromatic heterocycles. The predicted molar refractivity (Wildman–Crippen MR) is 68.5 cm³/mol. The summed E-state index contributed by atoms with van der Waals surface area (Å²) in [6, 6.07) is 7.40. The van der Waals surface area contributed by atoms with Gasteiger partial charge < -0.3 is 0 Å². The van der Waals surface area contributed by atoms with Gasteiger partial charge in [-0.3, -0.25) is 0 Å². The lowest BCUT2D eigenvalue weighted by atomic mass is 9.99. The Balaban J connectivity index is 2.81. The quantitative estimate of drug-likeness (QED) is 0.570. The number of benzene rings is 1. The van der Waals surface area contributed by atoms with Crippen LogP contribution in [0.2, 0.25) is 0 Å². The molecule has 2 aromatic rings. The van der Waals surface area contributed by atoms with E-state index in [0.717, 1.165) is 20.0 Å². The number of hydrogen-bond donors (Lipinski definition) is 0. The number of pyridine rings is 1. The van der Waals surface area contributed by atoms with E-state index in [2.05, 4.69) is 47.5 Å². The van der Waals surface area contributed by atoms with Crippen molar-refractivity contribution < 1.29 is 4.39 Å². The molecule has 0 N–H and O–H groups in total. The molecule has 1 aromatic carbocycles. The summed E-state index contributed by atoms with van der Waals surface area (Å²) in [5, 5.41) is 1.05. The van der Waals surface area contributed by atoms with Crippen LogP contribution in [0.3, 0.4) is 0 Å². The molecule has 0 spiro atoms. The number of aromatic nitrogens is 1. The minimum absolute atomic E-state index is 0.309. The Hall–Kier alpha value is -0.710. The zero-order chi connectivity index (χ0) is 11.0. The molecule has 1 nitrogen and oxygen atoms in total. The van der Waals surface area contributed by atoms with Gasteiger partial charge in [0.2, 0.25) is 5.95 Å². The highest BCUT2D eigenvalue weighted by Crippen LogP contribution is 2.26. The van der Waals surface area contributed by atoms with Crippen LogP contribution >= 0.6 is 22.6 Å². The second-order valence-electron chi connectivity index (χ2n) is 3.85. The summed E-state index contributed by atoms with van der Waals surface area (Å²) < 4.78 is 14.4. The van der Waals surface area contributed by atoms with E-state index in [1.54, 1.807) is 0 Å². The molecule has 0 unspecified atom stereocenters. The van der Waals surface area contributed by atoms with Gasteiger partial charge in [0.1, 0.15) is 0 Å². The Morgan fingerprint density at radius 3 is 2.67 bits per heavy atom. The Morgan fingerprint density at radius 2 is 2.00 bits per heavy atom. The molecule has 0 amide bonds. The van der Waals surface area contributed by atoms with Crippen LogP contribution in [0.1, 0.15) is 25.3 Å². The lowest BCUT2D eigenvalue weighted by Gasteiger charge is -2.09. The van der Waals surface area contributed by atoms with Crippen LogP contribution < -0.4 is 0 Å². The number of hydrogen-bond acceptors (Lipinski definition) is 1. The minimum atomic E-state index is -0.396. The fourth-order valence-corrected chi connectivity index (χ4v) is 2.16. The van der Waals surface area contributed by atoms with Crippen molar-refractivity contribution in [3.63, 3.8) is 0 Å². The molecule has 78 valence electrons. The fourth-order valence-electron chi connectivity index (χ4n) is 1.67. The lowest BCUT2D eigenvalue weighted by molar-refractivity contribution is 0.585. The summed E-state index contributed by atoms with van der Waals surface area (Å²) in [5.74, 6) is -0.0874.